The summed E-state index contributed by atoms with van der Waals surface area (Å²) in [7, 11) is 1.90. The quantitative estimate of drug-likeness (QED) is 0.638. The van der Waals surface area contributed by atoms with E-state index in [-0.39, 0.29) is 0 Å². The fraction of sp³-hybridized carbons (Fsp3) is 0.682. The van der Waals surface area contributed by atoms with E-state index >= 15 is 0 Å². The summed E-state index contributed by atoms with van der Waals surface area (Å²) in [5.74, 6) is 1.67. The first-order valence-electron chi connectivity index (χ1n) is 10.5. The highest BCUT2D eigenvalue weighted by atomic mass is 16.5. The molecule has 3 fully saturated rings. The second kappa shape index (κ2) is 8.61. The van der Waals surface area contributed by atoms with Gasteiger partial charge in [0.2, 0.25) is 0 Å². The molecule has 0 bridgehead atoms. The third kappa shape index (κ3) is 4.64. The molecule has 1 aromatic rings. The molecule has 2 saturated heterocycles. The number of guanidine groups is 1. The molecule has 1 N–H and O–H groups in total. The average Bonchev–Trinajstić information content (AvgIpc) is 3.25. The number of aliphatic imine (C=N–C) groups is 1. The van der Waals surface area contributed by atoms with Crippen molar-refractivity contribution in [2.75, 3.05) is 33.4 Å². The number of hydrogen-bond acceptors (Lipinski definition) is 3. The summed E-state index contributed by atoms with van der Waals surface area (Å²) in [6, 6.07) is 9.25. The number of rotatable bonds is 5. The van der Waals surface area contributed by atoms with Crippen LogP contribution < -0.4 is 5.32 Å². The molecular weight excluding hydrogens is 338 g/mol. The number of likely N-dealkylation sites (tertiary alicyclic amines) is 1. The van der Waals surface area contributed by atoms with Crippen molar-refractivity contribution in [3.8, 4) is 0 Å². The van der Waals surface area contributed by atoms with Crippen molar-refractivity contribution < 1.29 is 9.47 Å². The van der Waals surface area contributed by atoms with Gasteiger partial charge in [0.05, 0.1) is 18.8 Å². The van der Waals surface area contributed by atoms with Gasteiger partial charge in [-0.25, -0.2) is 0 Å². The molecule has 1 aliphatic carbocycles. The van der Waals surface area contributed by atoms with E-state index in [2.05, 4.69) is 46.4 Å². The van der Waals surface area contributed by atoms with E-state index in [1.165, 1.54) is 24.0 Å². The van der Waals surface area contributed by atoms with Crippen LogP contribution in [0.15, 0.2) is 29.3 Å². The molecule has 0 spiro atoms. The maximum Gasteiger partial charge on any atom is 0.193 e. The molecule has 4 rings (SSSR count). The number of nitrogens with one attached hydrogen (secondary N) is 1. The lowest BCUT2D eigenvalue weighted by Gasteiger charge is -2.34. The highest BCUT2D eigenvalue weighted by Crippen LogP contribution is 2.42. The molecule has 0 aromatic heterocycles. The average molecular weight is 372 g/mol. The Morgan fingerprint density at radius 1 is 1.26 bits per heavy atom. The molecule has 2 aliphatic heterocycles. The molecule has 3 atom stereocenters. The smallest absolute Gasteiger partial charge is 0.193 e. The van der Waals surface area contributed by atoms with Crippen LogP contribution >= 0.6 is 0 Å². The Bertz CT molecular complexity index is 649. The normalized spacial score (nSPS) is 29.2. The highest BCUT2D eigenvalue weighted by molar-refractivity contribution is 5.80. The van der Waals surface area contributed by atoms with Crippen LogP contribution in [-0.2, 0) is 9.47 Å². The van der Waals surface area contributed by atoms with E-state index in [9.17, 15) is 0 Å². The Balaban J connectivity index is 1.22. The van der Waals surface area contributed by atoms with Gasteiger partial charge in [-0.2, -0.15) is 0 Å². The molecule has 3 unspecified atom stereocenters. The Labute approximate surface area is 163 Å². The Morgan fingerprint density at radius 2 is 2.07 bits per heavy atom. The number of ether oxygens (including phenoxy) is 2. The van der Waals surface area contributed by atoms with E-state index in [0.717, 1.165) is 51.5 Å². The van der Waals surface area contributed by atoms with Gasteiger partial charge in [-0.05, 0) is 50.2 Å². The van der Waals surface area contributed by atoms with Crippen LogP contribution in [0.25, 0.3) is 0 Å². The van der Waals surface area contributed by atoms with Gasteiger partial charge in [0.25, 0.3) is 0 Å². The van der Waals surface area contributed by atoms with Gasteiger partial charge in [0.1, 0.15) is 0 Å². The maximum atomic E-state index is 6.10. The van der Waals surface area contributed by atoms with Crippen LogP contribution in [0.4, 0.5) is 0 Å². The predicted molar refractivity (Wildman–Crippen MR) is 108 cm³/mol. The minimum atomic E-state index is 0.325. The third-order valence-electron chi connectivity index (χ3n) is 6.19. The van der Waals surface area contributed by atoms with E-state index < -0.39 is 0 Å². The van der Waals surface area contributed by atoms with Gasteiger partial charge in [-0.1, -0.05) is 24.3 Å². The van der Waals surface area contributed by atoms with Crippen molar-refractivity contribution in [2.24, 2.45) is 4.99 Å². The fourth-order valence-electron chi connectivity index (χ4n) is 4.42. The van der Waals surface area contributed by atoms with Crippen LogP contribution in [0.1, 0.15) is 49.1 Å². The van der Waals surface area contributed by atoms with Crippen LogP contribution in [-0.4, -0.2) is 62.5 Å². The summed E-state index contributed by atoms with van der Waals surface area (Å²) in [4.78, 5) is 6.94. The van der Waals surface area contributed by atoms with Crippen molar-refractivity contribution >= 4 is 5.96 Å². The first-order chi connectivity index (χ1) is 13.2. The summed E-state index contributed by atoms with van der Waals surface area (Å²) in [5.41, 5.74) is 2.87. The molecule has 5 nitrogen and oxygen atoms in total. The lowest BCUT2D eigenvalue weighted by Crippen LogP contribution is -2.48. The summed E-state index contributed by atoms with van der Waals surface area (Å²) in [6.45, 7) is 5.90. The van der Waals surface area contributed by atoms with E-state index in [0.29, 0.717) is 24.2 Å². The van der Waals surface area contributed by atoms with Crippen LogP contribution in [0.2, 0.25) is 0 Å². The standard InChI is InChI=1S/C22H33N3O2/c1-16-6-3-4-8-19(16)20-14-21(20)24-22(23-2)25-11-9-17(10-12-25)27-15-18-7-5-13-26-18/h3-4,6,8,17-18,20-21H,5,7,9-15H2,1-2H3,(H,23,24). The van der Waals surface area contributed by atoms with Crippen molar-refractivity contribution in [2.45, 2.75) is 63.2 Å². The largest absolute Gasteiger partial charge is 0.376 e. The van der Waals surface area contributed by atoms with Crippen molar-refractivity contribution in [1.29, 1.82) is 0 Å². The van der Waals surface area contributed by atoms with E-state index in [4.69, 9.17) is 9.47 Å². The van der Waals surface area contributed by atoms with E-state index in [1.54, 1.807) is 0 Å². The van der Waals surface area contributed by atoms with Gasteiger partial charge < -0.3 is 19.7 Å². The van der Waals surface area contributed by atoms with Crippen molar-refractivity contribution in [3.63, 3.8) is 0 Å². The molecule has 27 heavy (non-hydrogen) atoms. The van der Waals surface area contributed by atoms with Crippen LogP contribution in [0.3, 0.4) is 0 Å². The number of benzene rings is 1. The first-order valence-corrected chi connectivity index (χ1v) is 10.5. The highest BCUT2D eigenvalue weighted by Gasteiger charge is 2.40. The Morgan fingerprint density at radius 3 is 2.78 bits per heavy atom. The lowest BCUT2D eigenvalue weighted by molar-refractivity contribution is -0.0367. The van der Waals surface area contributed by atoms with Crippen LogP contribution in [0.5, 0.6) is 0 Å². The number of hydrogen-bond donors (Lipinski definition) is 1. The van der Waals surface area contributed by atoms with Gasteiger partial charge in [-0.3, -0.25) is 4.99 Å². The maximum absolute atomic E-state index is 6.10. The zero-order valence-corrected chi connectivity index (χ0v) is 16.7. The summed E-state index contributed by atoms with van der Waals surface area (Å²) >= 11 is 0. The van der Waals surface area contributed by atoms with Crippen molar-refractivity contribution in [1.82, 2.24) is 10.2 Å². The Hall–Kier alpha value is -1.59. The molecule has 1 saturated carbocycles. The second-order valence-electron chi connectivity index (χ2n) is 8.15. The van der Waals surface area contributed by atoms with Gasteiger partial charge in [0, 0.05) is 38.7 Å². The molecule has 0 radical (unpaired) electrons. The predicted octanol–water partition coefficient (Wildman–Crippen LogP) is 3.09. The van der Waals surface area contributed by atoms with Crippen LogP contribution in [0, 0.1) is 6.92 Å². The molecule has 5 heteroatoms. The number of nitrogens with zero attached hydrogens (tertiary/aromatic N) is 2. The van der Waals surface area contributed by atoms with Gasteiger partial charge in [-0.15, -0.1) is 0 Å². The SMILES string of the molecule is CN=C(NC1CC1c1ccccc1C)N1CCC(OCC2CCCO2)CC1. The minimum Gasteiger partial charge on any atom is -0.376 e. The number of piperidine rings is 1. The Kier molecular flexibility index (Phi) is 5.98. The van der Waals surface area contributed by atoms with Gasteiger partial charge in [0.15, 0.2) is 5.96 Å². The molecule has 3 aliphatic rings. The zero-order chi connectivity index (χ0) is 18.6. The fourth-order valence-corrected chi connectivity index (χ4v) is 4.42. The summed E-state index contributed by atoms with van der Waals surface area (Å²) in [5, 5.41) is 3.69. The first kappa shape index (κ1) is 18.8. The zero-order valence-electron chi connectivity index (χ0n) is 16.7. The molecule has 0 amide bonds. The number of aryl methyl sites for hydroxylation is 1. The summed E-state index contributed by atoms with van der Waals surface area (Å²) < 4.78 is 11.8. The van der Waals surface area contributed by atoms with E-state index in [1.807, 2.05) is 7.05 Å². The van der Waals surface area contributed by atoms with Crippen molar-refractivity contribution in [3.05, 3.63) is 35.4 Å². The molecule has 148 valence electrons. The molecular formula is C22H33N3O2. The molecule has 1 aromatic carbocycles. The lowest BCUT2D eigenvalue weighted by atomic mass is 10.0. The monoisotopic (exact) mass is 371 g/mol. The van der Waals surface area contributed by atoms with Gasteiger partial charge >= 0.3 is 0 Å². The minimum absolute atomic E-state index is 0.325. The second-order valence-corrected chi connectivity index (χ2v) is 8.15. The third-order valence-corrected chi connectivity index (χ3v) is 6.19. The summed E-state index contributed by atoms with van der Waals surface area (Å²) in [6.07, 6.45) is 6.36. The topological polar surface area (TPSA) is 46.1 Å². The molecule has 2 heterocycles.